The van der Waals surface area contributed by atoms with E-state index in [1.807, 2.05) is 13.1 Å². The predicted molar refractivity (Wildman–Crippen MR) is 78.6 cm³/mol. The van der Waals surface area contributed by atoms with Crippen LogP contribution in [0, 0.1) is 0 Å². The number of furan rings is 1. The van der Waals surface area contributed by atoms with E-state index in [1.54, 1.807) is 30.7 Å². The van der Waals surface area contributed by atoms with Gasteiger partial charge in [-0.05, 0) is 37.7 Å². The van der Waals surface area contributed by atoms with Gasteiger partial charge in [0.25, 0.3) is 0 Å². The number of ether oxygens (including phenoxy) is 1. The molecule has 1 aromatic carbocycles. The van der Waals surface area contributed by atoms with Gasteiger partial charge in [-0.1, -0.05) is 6.07 Å². The fraction of sp³-hybridized carbons (Fsp3) is 0.312. The number of hydrogen-bond donors (Lipinski definition) is 1. The summed E-state index contributed by atoms with van der Waals surface area (Å²) in [5.74, 6) is -0.354. The maximum atomic E-state index is 10.9. The van der Waals surface area contributed by atoms with Gasteiger partial charge >= 0.3 is 5.97 Å². The maximum Gasteiger partial charge on any atom is 0.335 e. The van der Waals surface area contributed by atoms with Crippen molar-refractivity contribution in [3.8, 4) is 5.75 Å². The van der Waals surface area contributed by atoms with Crippen LogP contribution >= 0.6 is 0 Å². The van der Waals surface area contributed by atoms with Gasteiger partial charge in [0.15, 0.2) is 0 Å². The normalized spacial score (nSPS) is 10.8. The zero-order chi connectivity index (χ0) is 15.1. The molecule has 0 atom stereocenters. The van der Waals surface area contributed by atoms with Crippen molar-refractivity contribution < 1.29 is 19.1 Å². The number of carbonyl (C=O) groups is 1. The molecular formula is C16H19NO4. The standard InChI is InChI=1S/C16H19NO4/c1-17(11-13-6-9-20-12-13)7-3-8-21-15-5-2-4-14(10-15)16(18)19/h2,4-6,9-10,12H,3,7-8,11H2,1H3,(H,18,19). The zero-order valence-electron chi connectivity index (χ0n) is 12.0. The van der Waals surface area contributed by atoms with Crippen molar-refractivity contribution in [2.45, 2.75) is 13.0 Å². The van der Waals surface area contributed by atoms with Gasteiger partial charge in [-0.3, -0.25) is 0 Å². The number of carboxylic acids is 1. The summed E-state index contributed by atoms with van der Waals surface area (Å²) in [7, 11) is 2.04. The molecule has 112 valence electrons. The number of aromatic carboxylic acids is 1. The lowest BCUT2D eigenvalue weighted by molar-refractivity contribution is 0.0696. The highest BCUT2D eigenvalue weighted by atomic mass is 16.5. The maximum absolute atomic E-state index is 10.9. The molecule has 0 unspecified atom stereocenters. The summed E-state index contributed by atoms with van der Waals surface area (Å²) in [6.45, 7) is 2.29. The van der Waals surface area contributed by atoms with Crippen molar-refractivity contribution >= 4 is 5.97 Å². The molecule has 5 heteroatoms. The minimum atomic E-state index is -0.944. The minimum absolute atomic E-state index is 0.240. The molecular weight excluding hydrogens is 270 g/mol. The minimum Gasteiger partial charge on any atom is -0.494 e. The van der Waals surface area contributed by atoms with E-state index in [2.05, 4.69) is 4.90 Å². The Hall–Kier alpha value is -2.27. The molecule has 0 aliphatic heterocycles. The van der Waals surface area contributed by atoms with Gasteiger partial charge in [-0.25, -0.2) is 4.79 Å². The molecule has 5 nitrogen and oxygen atoms in total. The lowest BCUT2D eigenvalue weighted by atomic mass is 10.2. The molecule has 0 bridgehead atoms. The summed E-state index contributed by atoms with van der Waals surface area (Å²) >= 11 is 0. The van der Waals surface area contributed by atoms with Gasteiger partial charge in [0.1, 0.15) is 5.75 Å². The molecule has 0 saturated heterocycles. The Bertz CT molecular complexity index is 565. The van der Waals surface area contributed by atoms with E-state index in [0.717, 1.165) is 25.1 Å². The zero-order valence-corrected chi connectivity index (χ0v) is 12.0. The third kappa shape index (κ3) is 4.96. The number of carboxylic acid groups (broad SMARTS) is 1. The fourth-order valence-electron chi connectivity index (χ4n) is 2.02. The highest BCUT2D eigenvalue weighted by Crippen LogP contribution is 2.13. The molecule has 0 aliphatic rings. The van der Waals surface area contributed by atoms with E-state index in [9.17, 15) is 4.79 Å². The summed E-state index contributed by atoms with van der Waals surface area (Å²) in [4.78, 5) is 13.0. The summed E-state index contributed by atoms with van der Waals surface area (Å²) in [6, 6.07) is 8.49. The SMILES string of the molecule is CN(CCCOc1cccc(C(=O)O)c1)Cc1ccoc1. The van der Waals surface area contributed by atoms with Crippen molar-refractivity contribution in [2.24, 2.45) is 0 Å². The Morgan fingerprint density at radius 3 is 2.95 bits per heavy atom. The van der Waals surface area contributed by atoms with Gasteiger partial charge in [0, 0.05) is 18.7 Å². The quantitative estimate of drug-likeness (QED) is 0.757. The molecule has 2 aromatic rings. The Morgan fingerprint density at radius 2 is 2.24 bits per heavy atom. The van der Waals surface area contributed by atoms with Gasteiger partial charge in [0.05, 0.1) is 24.7 Å². The Labute approximate surface area is 123 Å². The molecule has 2 rings (SSSR count). The number of benzene rings is 1. The average Bonchev–Trinajstić information content (AvgIpc) is 2.97. The number of nitrogens with zero attached hydrogens (tertiary/aromatic N) is 1. The average molecular weight is 289 g/mol. The lowest BCUT2D eigenvalue weighted by Crippen LogP contribution is -2.20. The van der Waals surface area contributed by atoms with Crippen LogP contribution in [0.15, 0.2) is 47.3 Å². The Balaban J connectivity index is 1.69. The van der Waals surface area contributed by atoms with E-state index in [-0.39, 0.29) is 5.56 Å². The molecule has 1 heterocycles. The largest absolute Gasteiger partial charge is 0.494 e. The smallest absolute Gasteiger partial charge is 0.335 e. The highest BCUT2D eigenvalue weighted by molar-refractivity contribution is 5.87. The van der Waals surface area contributed by atoms with E-state index >= 15 is 0 Å². The van der Waals surface area contributed by atoms with E-state index in [1.165, 1.54) is 6.07 Å². The first-order valence-electron chi connectivity index (χ1n) is 6.81. The monoisotopic (exact) mass is 289 g/mol. The number of rotatable bonds is 8. The van der Waals surface area contributed by atoms with Crippen LogP contribution in [0.1, 0.15) is 22.3 Å². The van der Waals surface area contributed by atoms with Crippen LogP contribution in [0.2, 0.25) is 0 Å². The van der Waals surface area contributed by atoms with Gasteiger partial charge in [-0.2, -0.15) is 0 Å². The summed E-state index contributed by atoms with van der Waals surface area (Å²) in [5, 5.41) is 8.91. The summed E-state index contributed by atoms with van der Waals surface area (Å²) in [6.07, 6.45) is 4.28. The van der Waals surface area contributed by atoms with Crippen molar-refractivity contribution in [1.82, 2.24) is 4.90 Å². The molecule has 0 aliphatic carbocycles. The molecule has 0 fully saturated rings. The third-order valence-electron chi connectivity index (χ3n) is 3.07. The van der Waals surface area contributed by atoms with Crippen LogP contribution < -0.4 is 4.74 Å². The molecule has 0 amide bonds. The first-order chi connectivity index (χ1) is 10.1. The van der Waals surface area contributed by atoms with E-state index in [4.69, 9.17) is 14.3 Å². The fourth-order valence-corrected chi connectivity index (χ4v) is 2.02. The predicted octanol–water partition coefficient (Wildman–Crippen LogP) is 2.88. The third-order valence-corrected chi connectivity index (χ3v) is 3.07. The number of hydrogen-bond acceptors (Lipinski definition) is 4. The van der Waals surface area contributed by atoms with Crippen molar-refractivity contribution in [2.75, 3.05) is 20.2 Å². The van der Waals surface area contributed by atoms with E-state index < -0.39 is 5.97 Å². The van der Waals surface area contributed by atoms with Gasteiger partial charge in [-0.15, -0.1) is 0 Å². The van der Waals surface area contributed by atoms with E-state index in [0.29, 0.717) is 12.4 Å². The van der Waals surface area contributed by atoms with Gasteiger partial charge < -0.3 is 19.2 Å². The summed E-state index contributed by atoms with van der Waals surface area (Å²) < 4.78 is 10.6. The van der Waals surface area contributed by atoms with Crippen LogP contribution in [-0.2, 0) is 6.54 Å². The molecule has 0 radical (unpaired) electrons. The van der Waals surface area contributed by atoms with Crippen LogP contribution in [0.25, 0.3) is 0 Å². The second kappa shape index (κ2) is 7.50. The molecule has 21 heavy (non-hydrogen) atoms. The van der Waals surface area contributed by atoms with Crippen LogP contribution in [0.3, 0.4) is 0 Å². The summed E-state index contributed by atoms with van der Waals surface area (Å²) in [5.41, 5.74) is 1.39. The topological polar surface area (TPSA) is 62.9 Å². The first kappa shape index (κ1) is 15.1. The van der Waals surface area contributed by atoms with Gasteiger partial charge in [0.2, 0.25) is 0 Å². The second-order valence-electron chi connectivity index (χ2n) is 4.90. The van der Waals surface area contributed by atoms with Crippen LogP contribution in [0.5, 0.6) is 5.75 Å². The second-order valence-corrected chi connectivity index (χ2v) is 4.90. The van der Waals surface area contributed by atoms with Crippen molar-refractivity contribution in [3.63, 3.8) is 0 Å². The Kier molecular flexibility index (Phi) is 5.40. The van der Waals surface area contributed by atoms with Crippen molar-refractivity contribution in [1.29, 1.82) is 0 Å². The molecule has 1 N–H and O–H groups in total. The Morgan fingerprint density at radius 1 is 1.38 bits per heavy atom. The first-order valence-corrected chi connectivity index (χ1v) is 6.81. The molecule has 1 aromatic heterocycles. The van der Waals surface area contributed by atoms with Crippen LogP contribution in [0.4, 0.5) is 0 Å². The van der Waals surface area contributed by atoms with Crippen LogP contribution in [-0.4, -0.2) is 36.2 Å². The molecule has 0 spiro atoms. The molecule has 0 saturated carbocycles. The lowest BCUT2D eigenvalue weighted by Gasteiger charge is -2.15. The van der Waals surface area contributed by atoms with Crippen molar-refractivity contribution in [3.05, 3.63) is 54.0 Å². The highest BCUT2D eigenvalue weighted by Gasteiger charge is 2.04.